The lowest BCUT2D eigenvalue weighted by atomic mass is 10.2. The van der Waals surface area contributed by atoms with E-state index in [2.05, 4.69) is 10.0 Å². The third-order valence-electron chi connectivity index (χ3n) is 3.35. The summed E-state index contributed by atoms with van der Waals surface area (Å²) in [5.74, 6) is -0.704. The first-order valence-corrected chi connectivity index (χ1v) is 8.94. The van der Waals surface area contributed by atoms with Crippen LogP contribution in [0.1, 0.15) is 45.6 Å². The van der Waals surface area contributed by atoms with Crippen molar-refractivity contribution in [3.63, 3.8) is 0 Å². The van der Waals surface area contributed by atoms with Crippen molar-refractivity contribution >= 4 is 10.0 Å². The Balaban J connectivity index is 2.88. The Hall–Kier alpha value is -0.980. The van der Waals surface area contributed by atoms with Crippen LogP contribution in [0.25, 0.3) is 0 Å². The zero-order valence-corrected chi connectivity index (χ0v) is 13.8. The van der Waals surface area contributed by atoms with Crippen molar-refractivity contribution < 1.29 is 12.8 Å². The molecule has 1 rings (SSSR count). The highest BCUT2D eigenvalue weighted by molar-refractivity contribution is 7.89. The van der Waals surface area contributed by atoms with E-state index < -0.39 is 15.8 Å². The smallest absolute Gasteiger partial charge is 0.243 e. The van der Waals surface area contributed by atoms with Crippen LogP contribution in [0, 0.1) is 5.82 Å². The van der Waals surface area contributed by atoms with Gasteiger partial charge in [-0.05, 0) is 43.5 Å². The van der Waals surface area contributed by atoms with Crippen molar-refractivity contribution in [1.29, 1.82) is 0 Å². The van der Waals surface area contributed by atoms with E-state index in [9.17, 15) is 12.8 Å². The molecule has 0 fully saturated rings. The highest BCUT2D eigenvalue weighted by atomic mass is 32.2. The largest absolute Gasteiger partial charge is 0.313 e. The van der Waals surface area contributed by atoms with Crippen LogP contribution < -0.4 is 10.0 Å². The van der Waals surface area contributed by atoms with Crippen LogP contribution >= 0.6 is 0 Å². The minimum Gasteiger partial charge on any atom is -0.313 e. The Bertz CT molecular complexity index is 543. The fourth-order valence-corrected chi connectivity index (χ4v) is 3.48. The minimum atomic E-state index is -3.80. The zero-order valence-electron chi connectivity index (χ0n) is 12.9. The highest BCUT2D eigenvalue weighted by Gasteiger charge is 2.21. The number of nitrogens with one attached hydrogen (secondary N) is 2. The van der Waals surface area contributed by atoms with Crippen LogP contribution in [-0.4, -0.2) is 21.0 Å². The Labute approximate surface area is 127 Å². The van der Waals surface area contributed by atoms with E-state index >= 15 is 0 Å². The van der Waals surface area contributed by atoms with E-state index in [0.717, 1.165) is 18.5 Å². The van der Waals surface area contributed by atoms with Gasteiger partial charge in [0, 0.05) is 12.6 Å². The van der Waals surface area contributed by atoms with Crippen LogP contribution in [0.5, 0.6) is 0 Å². The molecular formula is C15H25FN2O2S. The zero-order chi connectivity index (χ0) is 15.9. The number of benzene rings is 1. The standard InChI is InChI=1S/C15H25FN2O2S/c1-4-9-17-11-12-7-8-15(14(16)10-12)21(19,20)18-13(5-2)6-3/h7-8,10,13,17-18H,4-6,9,11H2,1-3H3. The fraction of sp³-hybridized carbons (Fsp3) is 0.600. The molecule has 0 amide bonds. The summed E-state index contributed by atoms with van der Waals surface area (Å²) in [6, 6.07) is 4.10. The summed E-state index contributed by atoms with van der Waals surface area (Å²) in [5.41, 5.74) is 0.738. The third kappa shape index (κ3) is 5.37. The molecule has 0 aliphatic heterocycles. The lowest BCUT2D eigenvalue weighted by Crippen LogP contribution is -2.34. The molecule has 0 aromatic heterocycles. The molecule has 2 N–H and O–H groups in total. The molecule has 0 saturated heterocycles. The molecule has 120 valence electrons. The molecule has 0 unspecified atom stereocenters. The molecular weight excluding hydrogens is 291 g/mol. The van der Waals surface area contributed by atoms with E-state index in [4.69, 9.17) is 0 Å². The molecule has 4 nitrogen and oxygen atoms in total. The molecule has 0 atom stereocenters. The number of halogens is 1. The van der Waals surface area contributed by atoms with E-state index in [0.29, 0.717) is 19.4 Å². The second-order valence-corrected chi connectivity index (χ2v) is 6.76. The van der Waals surface area contributed by atoms with Gasteiger partial charge in [0.25, 0.3) is 0 Å². The van der Waals surface area contributed by atoms with Gasteiger partial charge in [-0.25, -0.2) is 17.5 Å². The molecule has 0 bridgehead atoms. The van der Waals surface area contributed by atoms with E-state index in [-0.39, 0.29) is 10.9 Å². The Morgan fingerprint density at radius 1 is 1.19 bits per heavy atom. The van der Waals surface area contributed by atoms with Crippen molar-refractivity contribution in [2.75, 3.05) is 6.54 Å². The van der Waals surface area contributed by atoms with Gasteiger partial charge in [-0.15, -0.1) is 0 Å². The second-order valence-electron chi connectivity index (χ2n) is 5.08. The maximum Gasteiger partial charge on any atom is 0.243 e. The van der Waals surface area contributed by atoms with Gasteiger partial charge >= 0.3 is 0 Å². The van der Waals surface area contributed by atoms with Crippen LogP contribution in [-0.2, 0) is 16.6 Å². The average Bonchev–Trinajstić information content (AvgIpc) is 2.45. The number of hydrogen-bond donors (Lipinski definition) is 2. The SMILES string of the molecule is CCCNCc1ccc(S(=O)(=O)NC(CC)CC)c(F)c1. The normalized spacial score (nSPS) is 12.0. The molecule has 0 saturated carbocycles. The van der Waals surface area contributed by atoms with Crippen molar-refractivity contribution in [1.82, 2.24) is 10.0 Å². The van der Waals surface area contributed by atoms with Gasteiger partial charge in [0.05, 0.1) is 0 Å². The predicted octanol–water partition coefficient (Wildman–Crippen LogP) is 2.79. The van der Waals surface area contributed by atoms with Gasteiger partial charge < -0.3 is 5.32 Å². The maximum absolute atomic E-state index is 14.1. The minimum absolute atomic E-state index is 0.166. The Morgan fingerprint density at radius 2 is 1.86 bits per heavy atom. The van der Waals surface area contributed by atoms with Crippen molar-refractivity contribution in [3.05, 3.63) is 29.6 Å². The van der Waals surface area contributed by atoms with E-state index in [1.807, 2.05) is 20.8 Å². The maximum atomic E-state index is 14.1. The number of sulfonamides is 1. The molecule has 21 heavy (non-hydrogen) atoms. The Kier molecular flexibility index (Phi) is 7.28. The first-order valence-electron chi connectivity index (χ1n) is 7.46. The van der Waals surface area contributed by atoms with Crippen molar-refractivity contribution in [3.8, 4) is 0 Å². The first kappa shape index (κ1) is 18.1. The van der Waals surface area contributed by atoms with Gasteiger partial charge in [0.15, 0.2) is 0 Å². The molecule has 0 radical (unpaired) electrons. The van der Waals surface area contributed by atoms with Crippen LogP contribution in [0.2, 0.25) is 0 Å². The van der Waals surface area contributed by atoms with Gasteiger partial charge in [0.1, 0.15) is 10.7 Å². The third-order valence-corrected chi connectivity index (χ3v) is 4.90. The highest BCUT2D eigenvalue weighted by Crippen LogP contribution is 2.17. The summed E-state index contributed by atoms with van der Waals surface area (Å²) in [6.45, 7) is 7.22. The summed E-state index contributed by atoms with van der Waals surface area (Å²) in [7, 11) is -3.80. The monoisotopic (exact) mass is 316 g/mol. The molecule has 0 aliphatic carbocycles. The topological polar surface area (TPSA) is 58.2 Å². The predicted molar refractivity (Wildman–Crippen MR) is 83.1 cm³/mol. The van der Waals surface area contributed by atoms with Crippen molar-refractivity contribution in [2.24, 2.45) is 0 Å². The van der Waals surface area contributed by atoms with E-state index in [1.54, 1.807) is 6.07 Å². The molecule has 1 aromatic carbocycles. The molecule has 0 heterocycles. The summed E-state index contributed by atoms with van der Waals surface area (Å²) in [6.07, 6.45) is 2.35. The summed E-state index contributed by atoms with van der Waals surface area (Å²) in [5, 5.41) is 3.16. The van der Waals surface area contributed by atoms with Gasteiger partial charge in [-0.3, -0.25) is 0 Å². The first-order chi connectivity index (χ1) is 9.94. The van der Waals surface area contributed by atoms with E-state index in [1.165, 1.54) is 12.1 Å². The lowest BCUT2D eigenvalue weighted by Gasteiger charge is -2.15. The quantitative estimate of drug-likeness (QED) is 0.689. The summed E-state index contributed by atoms with van der Waals surface area (Å²) in [4.78, 5) is -0.284. The molecule has 0 spiro atoms. The lowest BCUT2D eigenvalue weighted by molar-refractivity contribution is 0.519. The van der Waals surface area contributed by atoms with Crippen LogP contribution in [0.4, 0.5) is 4.39 Å². The van der Waals surface area contributed by atoms with Crippen LogP contribution in [0.15, 0.2) is 23.1 Å². The summed E-state index contributed by atoms with van der Waals surface area (Å²) < 4.78 is 41.0. The molecule has 6 heteroatoms. The molecule has 1 aromatic rings. The van der Waals surface area contributed by atoms with Crippen molar-refractivity contribution in [2.45, 2.75) is 57.5 Å². The van der Waals surface area contributed by atoms with Gasteiger partial charge in [-0.2, -0.15) is 0 Å². The van der Waals surface area contributed by atoms with Crippen LogP contribution in [0.3, 0.4) is 0 Å². The Morgan fingerprint density at radius 3 is 2.38 bits per heavy atom. The fourth-order valence-electron chi connectivity index (χ4n) is 2.02. The second kappa shape index (κ2) is 8.46. The molecule has 0 aliphatic rings. The average molecular weight is 316 g/mol. The van der Waals surface area contributed by atoms with Gasteiger partial charge in [0.2, 0.25) is 10.0 Å². The van der Waals surface area contributed by atoms with Gasteiger partial charge in [-0.1, -0.05) is 26.8 Å². The number of hydrogen-bond acceptors (Lipinski definition) is 3. The summed E-state index contributed by atoms with van der Waals surface area (Å²) >= 11 is 0. The number of rotatable bonds is 9.